The van der Waals surface area contributed by atoms with Crippen molar-refractivity contribution in [1.29, 1.82) is 0 Å². The van der Waals surface area contributed by atoms with Gasteiger partial charge < -0.3 is 15.0 Å². The van der Waals surface area contributed by atoms with E-state index in [-0.39, 0.29) is 18.1 Å². The van der Waals surface area contributed by atoms with Crippen LogP contribution in [0.4, 0.5) is 0 Å². The molecule has 2 unspecified atom stereocenters. The van der Waals surface area contributed by atoms with E-state index in [0.717, 1.165) is 31.4 Å². The first-order chi connectivity index (χ1) is 9.78. The van der Waals surface area contributed by atoms with Crippen molar-refractivity contribution in [3.8, 4) is 0 Å². The van der Waals surface area contributed by atoms with Crippen LogP contribution in [0, 0.1) is 0 Å². The molecule has 1 amide bonds. The lowest BCUT2D eigenvalue weighted by atomic mass is 10.1. The third-order valence-corrected chi connectivity index (χ3v) is 4.09. The molecule has 108 valence electrons. The molecule has 2 heterocycles. The number of rotatable bonds is 5. The Kier molecular flexibility index (Phi) is 3.98. The topological polar surface area (TPSA) is 54.5 Å². The average molecular weight is 275 g/mol. The Morgan fingerprint density at radius 3 is 2.80 bits per heavy atom. The maximum atomic E-state index is 12.7. The van der Waals surface area contributed by atoms with Gasteiger partial charge in [0.1, 0.15) is 0 Å². The first kappa shape index (κ1) is 13.5. The third kappa shape index (κ3) is 2.99. The van der Waals surface area contributed by atoms with Gasteiger partial charge in [0.15, 0.2) is 0 Å². The van der Waals surface area contributed by atoms with Crippen molar-refractivity contribution >= 4 is 5.91 Å². The summed E-state index contributed by atoms with van der Waals surface area (Å²) in [5.41, 5.74) is 1.14. The molecule has 1 saturated heterocycles. The van der Waals surface area contributed by atoms with Crippen molar-refractivity contribution < 1.29 is 9.53 Å². The molecule has 1 aromatic rings. The summed E-state index contributed by atoms with van der Waals surface area (Å²) >= 11 is 0. The molecule has 1 saturated carbocycles. The predicted octanol–water partition coefficient (Wildman–Crippen LogP) is 0.949. The predicted molar refractivity (Wildman–Crippen MR) is 75.0 cm³/mol. The number of carbonyl (C=O) groups is 1. The molecule has 1 aromatic heterocycles. The van der Waals surface area contributed by atoms with Crippen LogP contribution in [-0.2, 0) is 16.1 Å². The Balaban J connectivity index is 1.66. The fraction of sp³-hybridized carbons (Fsp3) is 0.600. The second-order valence-electron chi connectivity index (χ2n) is 5.61. The Morgan fingerprint density at radius 2 is 2.20 bits per heavy atom. The van der Waals surface area contributed by atoms with Crippen molar-refractivity contribution in [2.75, 3.05) is 13.7 Å². The van der Waals surface area contributed by atoms with Gasteiger partial charge in [-0.2, -0.15) is 0 Å². The average Bonchev–Trinajstić information content (AvgIpc) is 3.21. The first-order valence-electron chi connectivity index (χ1n) is 7.23. The number of pyridine rings is 1. The van der Waals surface area contributed by atoms with E-state index in [4.69, 9.17) is 4.74 Å². The summed E-state index contributed by atoms with van der Waals surface area (Å²) < 4.78 is 5.32. The molecule has 1 aliphatic carbocycles. The number of nitrogens with zero attached hydrogens (tertiary/aromatic N) is 2. The monoisotopic (exact) mass is 275 g/mol. The summed E-state index contributed by atoms with van der Waals surface area (Å²) in [4.78, 5) is 18.7. The highest BCUT2D eigenvalue weighted by Crippen LogP contribution is 2.29. The van der Waals surface area contributed by atoms with Crippen LogP contribution in [0.5, 0.6) is 0 Å². The number of ether oxygens (including phenoxy) is 1. The minimum Gasteiger partial charge on any atom is -0.380 e. The lowest BCUT2D eigenvalue weighted by molar-refractivity contribution is -0.134. The number of hydrogen-bond donors (Lipinski definition) is 1. The fourth-order valence-corrected chi connectivity index (χ4v) is 2.73. The van der Waals surface area contributed by atoms with Crippen LogP contribution in [-0.4, -0.2) is 47.6 Å². The van der Waals surface area contributed by atoms with Gasteiger partial charge in [-0.25, -0.2) is 0 Å². The zero-order chi connectivity index (χ0) is 13.9. The Bertz CT molecular complexity index is 461. The molecular weight excluding hydrogens is 254 g/mol. The van der Waals surface area contributed by atoms with E-state index in [9.17, 15) is 4.79 Å². The van der Waals surface area contributed by atoms with Gasteiger partial charge in [0.2, 0.25) is 5.91 Å². The zero-order valence-corrected chi connectivity index (χ0v) is 11.8. The Labute approximate surface area is 119 Å². The van der Waals surface area contributed by atoms with Crippen molar-refractivity contribution in [3.05, 3.63) is 30.1 Å². The van der Waals surface area contributed by atoms with E-state index in [0.29, 0.717) is 12.6 Å². The number of nitrogens with one attached hydrogen (secondary N) is 1. The van der Waals surface area contributed by atoms with Crippen LogP contribution in [0.15, 0.2) is 24.5 Å². The zero-order valence-electron chi connectivity index (χ0n) is 11.8. The molecule has 2 fully saturated rings. The molecular formula is C15H21N3O2. The van der Waals surface area contributed by atoms with E-state index in [2.05, 4.69) is 10.3 Å². The Morgan fingerprint density at radius 1 is 1.45 bits per heavy atom. The van der Waals surface area contributed by atoms with Crippen LogP contribution in [0.1, 0.15) is 24.8 Å². The molecule has 2 aliphatic rings. The van der Waals surface area contributed by atoms with E-state index >= 15 is 0 Å². The van der Waals surface area contributed by atoms with E-state index in [1.165, 1.54) is 0 Å². The molecule has 0 spiro atoms. The fourth-order valence-electron chi connectivity index (χ4n) is 2.73. The number of carbonyl (C=O) groups excluding carboxylic acids is 1. The second kappa shape index (κ2) is 5.89. The van der Waals surface area contributed by atoms with Crippen molar-refractivity contribution in [3.63, 3.8) is 0 Å². The smallest absolute Gasteiger partial charge is 0.240 e. The summed E-state index contributed by atoms with van der Waals surface area (Å²) in [5.74, 6) is 0.212. The van der Waals surface area contributed by atoms with E-state index < -0.39 is 0 Å². The highest BCUT2D eigenvalue weighted by atomic mass is 16.5. The van der Waals surface area contributed by atoms with Gasteiger partial charge in [0, 0.05) is 38.6 Å². The SMILES string of the molecule is COC1CNC(C(=O)N(Cc2ccncc2)C2CC2)C1. The quantitative estimate of drug-likeness (QED) is 0.869. The molecule has 0 aromatic carbocycles. The van der Waals surface area contributed by atoms with Crippen molar-refractivity contribution in [2.45, 2.75) is 44.0 Å². The number of amides is 1. The molecule has 1 N–H and O–H groups in total. The lowest BCUT2D eigenvalue weighted by Gasteiger charge is -2.25. The van der Waals surface area contributed by atoms with Gasteiger partial charge >= 0.3 is 0 Å². The molecule has 0 radical (unpaired) electrons. The molecule has 0 bridgehead atoms. The normalized spacial score (nSPS) is 25.6. The maximum absolute atomic E-state index is 12.7. The molecule has 5 nitrogen and oxygen atoms in total. The number of hydrogen-bond acceptors (Lipinski definition) is 4. The van der Waals surface area contributed by atoms with E-state index in [1.807, 2.05) is 17.0 Å². The van der Waals surface area contributed by atoms with Gasteiger partial charge in [0.05, 0.1) is 12.1 Å². The van der Waals surface area contributed by atoms with Crippen LogP contribution < -0.4 is 5.32 Å². The summed E-state index contributed by atoms with van der Waals surface area (Å²) in [6.45, 7) is 1.45. The first-order valence-corrected chi connectivity index (χ1v) is 7.23. The third-order valence-electron chi connectivity index (χ3n) is 4.09. The van der Waals surface area contributed by atoms with Gasteiger partial charge in [-0.15, -0.1) is 0 Å². The summed E-state index contributed by atoms with van der Waals surface area (Å²) in [6, 6.07) is 4.27. The molecule has 20 heavy (non-hydrogen) atoms. The highest BCUT2D eigenvalue weighted by molar-refractivity contribution is 5.83. The van der Waals surface area contributed by atoms with Gasteiger partial charge in [-0.1, -0.05) is 0 Å². The highest BCUT2D eigenvalue weighted by Gasteiger charge is 2.38. The number of aromatic nitrogens is 1. The van der Waals surface area contributed by atoms with Crippen molar-refractivity contribution in [2.24, 2.45) is 0 Å². The van der Waals surface area contributed by atoms with Gasteiger partial charge in [-0.3, -0.25) is 9.78 Å². The van der Waals surface area contributed by atoms with Gasteiger partial charge in [-0.05, 0) is 37.0 Å². The van der Waals surface area contributed by atoms with E-state index in [1.54, 1.807) is 19.5 Å². The maximum Gasteiger partial charge on any atom is 0.240 e. The molecule has 2 atom stereocenters. The largest absolute Gasteiger partial charge is 0.380 e. The summed E-state index contributed by atoms with van der Waals surface area (Å²) in [6.07, 6.45) is 6.73. The molecule has 1 aliphatic heterocycles. The minimum absolute atomic E-state index is 0.0950. The number of methoxy groups -OCH3 is 1. The van der Waals surface area contributed by atoms with Crippen LogP contribution in [0.25, 0.3) is 0 Å². The van der Waals surface area contributed by atoms with Crippen LogP contribution in [0.2, 0.25) is 0 Å². The van der Waals surface area contributed by atoms with Crippen molar-refractivity contribution in [1.82, 2.24) is 15.2 Å². The summed E-state index contributed by atoms with van der Waals surface area (Å²) in [7, 11) is 1.70. The minimum atomic E-state index is -0.0950. The molecule has 5 heteroatoms. The lowest BCUT2D eigenvalue weighted by Crippen LogP contribution is -2.44. The second-order valence-corrected chi connectivity index (χ2v) is 5.61. The Hall–Kier alpha value is -1.46. The van der Waals surface area contributed by atoms with Gasteiger partial charge in [0.25, 0.3) is 0 Å². The molecule has 3 rings (SSSR count). The standard InChI is InChI=1S/C15H21N3O2/c1-20-13-8-14(17-9-13)15(19)18(12-2-3-12)10-11-4-6-16-7-5-11/h4-7,12-14,17H,2-3,8-10H2,1H3. The van der Waals surface area contributed by atoms with Crippen LogP contribution in [0.3, 0.4) is 0 Å². The summed E-state index contributed by atoms with van der Waals surface area (Å²) in [5, 5.41) is 3.28. The van der Waals surface area contributed by atoms with Crippen LogP contribution >= 0.6 is 0 Å².